The molecule has 406 valence electrons. The summed E-state index contributed by atoms with van der Waals surface area (Å²) < 4.78 is 34.3. The fraction of sp³-hybridized carbons (Fsp3) is 0.909. The van der Waals surface area contributed by atoms with Crippen molar-refractivity contribution in [1.82, 2.24) is 0 Å². The summed E-state index contributed by atoms with van der Waals surface area (Å²) in [5.41, 5.74) is 0. The zero-order chi connectivity index (χ0) is 50.2. The van der Waals surface area contributed by atoms with E-state index in [0.717, 1.165) is 57.8 Å². The molecule has 0 aromatic rings. The molecule has 0 radical (unpaired) electrons. The predicted octanol–water partition coefficient (Wildman–Crippen LogP) is 9.19. The number of aliphatic hydroxyl groups is 7. The van der Waals surface area contributed by atoms with E-state index in [0.29, 0.717) is 13.0 Å². The van der Waals surface area contributed by atoms with Gasteiger partial charge in [0.15, 0.2) is 12.6 Å². The Morgan fingerprint density at radius 2 is 0.855 bits per heavy atom. The third-order valence-corrected chi connectivity index (χ3v) is 13.4. The molecule has 7 N–H and O–H groups in total. The predicted molar refractivity (Wildman–Crippen MR) is 270 cm³/mol. The molecule has 2 rings (SSSR count). The van der Waals surface area contributed by atoms with Crippen LogP contribution in [0.15, 0.2) is 24.3 Å². The van der Waals surface area contributed by atoms with Gasteiger partial charge in [0.1, 0.15) is 54.9 Å². The molecule has 11 unspecified atom stereocenters. The van der Waals surface area contributed by atoms with E-state index < -0.39 is 80.7 Å². The van der Waals surface area contributed by atoms with Crippen LogP contribution in [0.1, 0.15) is 219 Å². The van der Waals surface area contributed by atoms with Gasteiger partial charge < -0.3 is 64.2 Å². The summed E-state index contributed by atoms with van der Waals surface area (Å²) in [5.74, 6) is -0.383. The van der Waals surface area contributed by atoms with Crippen LogP contribution in [0.3, 0.4) is 0 Å². The first kappa shape index (κ1) is 63.6. The molecule has 0 bridgehead atoms. The van der Waals surface area contributed by atoms with Crippen molar-refractivity contribution in [2.24, 2.45) is 0 Å². The van der Waals surface area contributed by atoms with Gasteiger partial charge >= 0.3 is 5.97 Å². The smallest absolute Gasteiger partial charge is 0.306 e. The van der Waals surface area contributed by atoms with Gasteiger partial charge in [0.05, 0.1) is 26.4 Å². The number of carbonyl (C=O) groups is 1. The molecule has 2 fully saturated rings. The Morgan fingerprint density at radius 1 is 0.464 bits per heavy atom. The molecule has 0 aliphatic carbocycles. The number of rotatable bonds is 45. The highest BCUT2D eigenvalue weighted by atomic mass is 16.7. The first-order chi connectivity index (χ1) is 33.6. The van der Waals surface area contributed by atoms with Gasteiger partial charge in [0, 0.05) is 13.0 Å². The molecule has 14 heteroatoms. The zero-order valence-electron chi connectivity index (χ0n) is 43.3. The summed E-state index contributed by atoms with van der Waals surface area (Å²) in [6.45, 7) is 3.69. The molecule has 2 aliphatic heterocycles. The van der Waals surface area contributed by atoms with Crippen molar-refractivity contribution in [3.05, 3.63) is 24.3 Å². The lowest BCUT2D eigenvalue weighted by molar-refractivity contribution is -0.332. The summed E-state index contributed by atoms with van der Waals surface area (Å²) in [6.07, 6.45) is 30.9. The van der Waals surface area contributed by atoms with E-state index in [1.54, 1.807) is 0 Å². The second-order valence-electron chi connectivity index (χ2n) is 19.8. The lowest BCUT2D eigenvalue weighted by atomic mass is 9.98. The van der Waals surface area contributed by atoms with Crippen LogP contribution in [-0.2, 0) is 33.2 Å². The molecule has 0 saturated carbocycles. The Labute approximate surface area is 417 Å². The number of aliphatic hydroxyl groups excluding tert-OH is 7. The minimum Gasteiger partial charge on any atom is -0.457 e. The molecule has 14 nitrogen and oxygen atoms in total. The quantitative estimate of drug-likeness (QED) is 0.0172. The van der Waals surface area contributed by atoms with Gasteiger partial charge in [-0.05, 0) is 64.2 Å². The first-order valence-corrected chi connectivity index (χ1v) is 27.9. The lowest BCUT2D eigenvalue weighted by Gasteiger charge is -2.42. The number of carbonyl (C=O) groups excluding carboxylic acids is 1. The second kappa shape index (κ2) is 42.9. The van der Waals surface area contributed by atoms with E-state index in [-0.39, 0.29) is 25.6 Å². The third kappa shape index (κ3) is 30.3. The number of ether oxygens (including phenoxy) is 6. The van der Waals surface area contributed by atoms with E-state index in [4.69, 9.17) is 28.4 Å². The zero-order valence-corrected chi connectivity index (χ0v) is 43.3. The third-order valence-electron chi connectivity index (χ3n) is 13.4. The second-order valence-corrected chi connectivity index (χ2v) is 19.8. The Kier molecular flexibility index (Phi) is 39.6. The van der Waals surface area contributed by atoms with Gasteiger partial charge in [-0.1, -0.05) is 173 Å². The molecule has 0 spiro atoms. The van der Waals surface area contributed by atoms with Crippen LogP contribution in [0.25, 0.3) is 0 Å². The summed E-state index contributed by atoms with van der Waals surface area (Å²) in [6, 6.07) is 0. The Hall–Kier alpha value is -1.53. The van der Waals surface area contributed by atoms with E-state index in [1.807, 2.05) is 0 Å². The molecule has 11 atom stereocenters. The molecular formula is C55H102O14. The molecular weight excluding hydrogens is 885 g/mol. The van der Waals surface area contributed by atoms with Crippen molar-refractivity contribution in [1.29, 1.82) is 0 Å². The van der Waals surface area contributed by atoms with Gasteiger partial charge in [-0.15, -0.1) is 0 Å². The number of unbranched alkanes of at least 4 members (excludes halogenated alkanes) is 27. The standard InChI is InChI=1S/C55H102O14/c1-3-5-7-9-11-13-15-17-19-21-22-23-25-27-29-31-33-35-37-39-64-41-44(67-47(57)38-36-34-32-30-28-26-24-20-18-16-14-12-10-8-6-4-2)42-65-54-53(63)51(61)49(59)46(69-54)43-66-55-52(62)50(60)48(58)45(40-56)68-55/h19-21,24,44-46,48-56,58-63H,3-18,22-23,25-43H2,1-2H3/b21-19-,24-20-. The van der Waals surface area contributed by atoms with Crippen molar-refractivity contribution in [2.45, 2.75) is 287 Å². The molecule has 69 heavy (non-hydrogen) atoms. The molecule has 2 heterocycles. The van der Waals surface area contributed by atoms with Gasteiger partial charge in [-0.25, -0.2) is 0 Å². The van der Waals surface area contributed by atoms with Crippen LogP contribution >= 0.6 is 0 Å². The minimum atomic E-state index is -1.71. The van der Waals surface area contributed by atoms with Crippen LogP contribution in [0.5, 0.6) is 0 Å². The van der Waals surface area contributed by atoms with Crippen molar-refractivity contribution < 1.29 is 69.0 Å². The van der Waals surface area contributed by atoms with Crippen LogP contribution in [0.2, 0.25) is 0 Å². The van der Waals surface area contributed by atoms with Crippen molar-refractivity contribution in [3.8, 4) is 0 Å². The van der Waals surface area contributed by atoms with E-state index in [1.165, 1.54) is 135 Å². The average molecular weight is 987 g/mol. The largest absolute Gasteiger partial charge is 0.457 e. The average Bonchev–Trinajstić information content (AvgIpc) is 3.35. The Morgan fingerprint density at radius 3 is 1.32 bits per heavy atom. The van der Waals surface area contributed by atoms with Crippen LogP contribution in [0, 0.1) is 0 Å². The summed E-state index contributed by atoms with van der Waals surface area (Å²) >= 11 is 0. The monoisotopic (exact) mass is 987 g/mol. The van der Waals surface area contributed by atoms with Gasteiger partial charge in [-0.3, -0.25) is 4.79 Å². The maximum Gasteiger partial charge on any atom is 0.306 e. The highest BCUT2D eigenvalue weighted by Crippen LogP contribution is 2.26. The van der Waals surface area contributed by atoms with Crippen LogP contribution in [0.4, 0.5) is 0 Å². The van der Waals surface area contributed by atoms with Crippen LogP contribution in [-0.4, -0.2) is 142 Å². The molecule has 0 aromatic carbocycles. The highest BCUT2D eigenvalue weighted by Gasteiger charge is 2.47. The van der Waals surface area contributed by atoms with Crippen LogP contribution < -0.4 is 0 Å². The van der Waals surface area contributed by atoms with E-state index >= 15 is 0 Å². The number of hydrogen-bond acceptors (Lipinski definition) is 14. The number of hydrogen-bond donors (Lipinski definition) is 7. The van der Waals surface area contributed by atoms with Crippen molar-refractivity contribution in [3.63, 3.8) is 0 Å². The van der Waals surface area contributed by atoms with Gasteiger partial charge in [-0.2, -0.15) is 0 Å². The normalized spacial score (nSPS) is 25.8. The van der Waals surface area contributed by atoms with Gasteiger partial charge in [0.2, 0.25) is 0 Å². The molecule has 2 aliphatic rings. The lowest BCUT2D eigenvalue weighted by Crippen LogP contribution is -2.61. The first-order valence-electron chi connectivity index (χ1n) is 27.9. The summed E-state index contributed by atoms with van der Waals surface area (Å²) in [7, 11) is 0. The summed E-state index contributed by atoms with van der Waals surface area (Å²) in [4.78, 5) is 13.0. The number of esters is 1. The molecule has 2 saturated heterocycles. The maximum atomic E-state index is 13.0. The topological polar surface area (TPSA) is 214 Å². The Balaban J connectivity index is 1.74. The maximum absolute atomic E-state index is 13.0. The fourth-order valence-corrected chi connectivity index (χ4v) is 8.86. The molecule has 0 aromatic heterocycles. The van der Waals surface area contributed by atoms with E-state index in [2.05, 4.69) is 38.2 Å². The minimum absolute atomic E-state index is 0.0589. The SMILES string of the molecule is CCCCCCCCC/C=C\CCCCCCCCCCOCC(COC1OC(COC2OC(CO)C(O)C(O)C2O)C(O)C(O)C1O)OC(=O)CCCCCCC/C=C\CCCCCCCCC. The number of allylic oxidation sites excluding steroid dienone is 4. The van der Waals surface area contributed by atoms with E-state index in [9.17, 15) is 40.5 Å². The summed E-state index contributed by atoms with van der Waals surface area (Å²) in [5, 5.41) is 72.2. The van der Waals surface area contributed by atoms with Crippen molar-refractivity contribution in [2.75, 3.05) is 33.0 Å². The fourth-order valence-electron chi connectivity index (χ4n) is 8.86. The van der Waals surface area contributed by atoms with Crippen molar-refractivity contribution >= 4 is 5.97 Å². The highest BCUT2D eigenvalue weighted by molar-refractivity contribution is 5.69. The van der Waals surface area contributed by atoms with Gasteiger partial charge in [0.25, 0.3) is 0 Å². The molecule has 0 amide bonds. The Bertz CT molecular complexity index is 1240.